The van der Waals surface area contributed by atoms with Gasteiger partial charge in [-0.25, -0.2) is 0 Å². The van der Waals surface area contributed by atoms with Gasteiger partial charge in [0.25, 0.3) is 0 Å². The van der Waals surface area contributed by atoms with Crippen molar-refractivity contribution in [2.24, 2.45) is 0 Å². The summed E-state index contributed by atoms with van der Waals surface area (Å²) < 4.78 is 0. The number of hydrogen-bond acceptors (Lipinski definition) is 2. The molecule has 1 unspecified atom stereocenters. The molecular weight excluding hydrogens is 256 g/mol. The molecule has 0 aliphatic heterocycles. The lowest BCUT2D eigenvalue weighted by Crippen LogP contribution is -2.53. The fourth-order valence-electron chi connectivity index (χ4n) is 1.93. The summed E-state index contributed by atoms with van der Waals surface area (Å²) in [6.45, 7) is 8.35. The van der Waals surface area contributed by atoms with Crippen LogP contribution in [0.4, 0.5) is 0 Å². The van der Waals surface area contributed by atoms with Crippen molar-refractivity contribution >= 4 is 17.3 Å². The molecule has 0 fully saturated rings. The minimum atomic E-state index is -0.370. The van der Waals surface area contributed by atoms with Gasteiger partial charge in [0.15, 0.2) is 5.11 Å². The van der Waals surface area contributed by atoms with Crippen molar-refractivity contribution in [1.29, 1.82) is 0 Å². The molecule has 0 heterocycles. The highest BCUT2D eigenvalue weighted by molar-refractivity contribution is 7.80. The first-order valence-corrected chi connectivity index (χ1v) is 6.94. The lowest BCUT2D eigenvalue weighted by atomic mass is 9.89. The van der Waals surface area contributed by atoms with Gasteiger partial charge in [0.2, 0.25) is 0 Å². The van der Waals surface area contributed by atoms with E-state index in [1.54, 1.807) is 0 Å². The Morgan fingerprint density at radius 1 is 1.11 bits per heavy atom. The Hall–Kier alpha value is -1.13. The van der Waals surface area contributed by atoms with E-state index in [2.05, 4.69) is 38.3 Å². The quantitative estimate of drug-likeness (QED) is 0.742. The molecule has 1 aromatic carbocycles. The number of benzene rings is 1. The van der Waals surface area contributed by atoms with Gasteiger partial charge >= 0.3 is 0 Å². The molecule has 0 aliphatic rings. The molecule has 0 saturated carbocycles. The summed E-state index contributed by atoms with van der Waals surface area (Å²) in [7, 11) is 0. The zero-order valence-electron chi connectivity index (χ0n) is 12.2. The zero-order valence-corrected chi connectivity index (χ0v) is 13.0. The molecule has 1 aromatic rings. The third-order valence-corrected chi connectivity index (χ3v) is 3.10. The molecule has 3 N–H and O–H groups in total. The average molecular weight is 280 g/mol. The Bertz CT molecular complexity index is 414. The number of hydrogen-bond donors (Lipinski definition) is 3. The molecule has 0 aromatic heterocycles. The maximum absolute atomic E-state index is 9.30. The standard InChI is InChI=1S/C15H24N2OS/c1-14(2,3)16-13(19)17-15(4,10-11-18)12-8-6-5-7-9-12/h5-9,18H,10-11H2,1-4H3,(H2,16,17,19). The summed E-state index contributed by atoms with van der Waals surface area (Å²) in [5.74, 6) is 0. The van der Waals surface area contributed by atoms with Gasteiger partial charge in [0.05, 0.1) is 5.54 Å². The monoisotopic (exact) mass is 280 g/mol. The van der Waals surface area contributed by atoms with Crippen molar-refractivity contribution in [3.05, 3.63) is 35.9 Å². The largest absolute Gasteiger partial charge is 0.396 e. The van der Waals surface area contributed by atoms with Crippen LogP contribution in [0.3, 0.4) is 0 Å². The second-order valence-corrected chi connectivity index (χ2v) is 6.41. The first-order valence-electron chi connectivity index (χ1n) is 6.53. The van der Waals surface area contributed by atoms with E-state index in [1.807, 2.05) is 30.3 Å². The molecule has 1 atom stereocenters. The molecule has 0 radical (unpaired) electrons. The predicted octanol–water partition coefficient (Wildman–Crippen LogP) is 2.55. The Morgan fingerprint density at radius 3 is 2.16 bits per heavy atom. The average Bonchev–Trinajstić information content (AvgIpc) is 2.27. The van der Waals surface area contributed by atoms with E-state index in [0.29, 0.717) is 11.5 Å². The van der Waals surface area contributed by atoms with Gasteiger partial charge in [-0.2, -0.15) is 0 Å². The van der Waals surface area contributed by atoms with Gasteiger partial charge in [-0.1, -0.05) is 30.3 Å². The Kier molecular flexibility index (Phi) is 5.32. The van der Waals surface area contributed by atoms with Crippen molar-refractivity contribution in [2.75, 3.05) is 6.61 Å². The third kappa shape index (κ3) is 5.17. The fraction of sp³-hybridized carbons (Fsp3) is 0.533. The fourth-order valence-corrected chi connectivity index (χ4v) is 2.46. The first kappa shape index (κ1) is 15.9. The van der Waals surface area contributed by atoms with Crippen LogP contribution >= 0.6 is 12.2 Å². The highest BCUT2D eigenvalue weighted by Crippen LogP contribution is 2.24. The van der Waals surface area contributed by atoms with Gasteiger partial charge in [0, 0.05) is 12.1 Å². The summed E-state index contributed by atoms with van der Waals surface area (Å²) in [4.78, 5) is 0. The van der Waals surface area contributed by atoms with Crippen molar-refractivity contribution in [1.82, 2.24) is 10.6 Å². The van der Waals surface area contributed by atoms with Crippen LogP contribution in [0.25, 0.3) is 0 Å². The number of nitrogens with one attached hydrogen (secondary N) is 2. The molecular formula is C15H24N2OS. The molecule has 0 saturated heterocycles. The van der Waals surface area contributed by atoms with Crippen LogP contribution in [-0.4, -0.2) is 22.4 Å². The normalized spacial score (nSPS) is 14.6. The molecule has 0 bridgehead atoms. The summed E-state index contributed by atoms with van der Waals surface area (Å²) >= 11 is 5.36. The van der Waals surface area contributed by atoms with E-state index < -0.39 is 0 Å². The van der Waals surface area contributed by atoms with Gasteiger partial charge in [-0.05, 0) is 51.9 Å². The van der Waals surface area contributed by atoms with E-state index in [4.69, 9.17) is 12.2 Å². The van der Waals surface area contributed by atoms with Gasteiger partial charge < -0.3 is 15.7 Å². The minimum absolute atomic E-state index is 0.0824. The van der Waals surface area contributed by atoms with Gasteiger partial charge in [-0.15, -0.1) is 0 Å². The van der Waals surface area contributed by atoms with Crippen LogP contribution in [0, 0.1) is 0 Å². The summed E-state index contributed by atoms with van der Waals surface area (Å²) in [5, 5.41) is 16.5. The van der Waals surface area contributed by atoms with Crippen LogP contribution in [0.15, 0.2) is 30.3 Å². The topological polar surface area (TPSA) is 44.3 Å². The summed E-state index contributed by atoms with van der Waals surface area (Å²) in [6, 6.07) is 10.1. The minimum Gasteiger partial charge on any atom is -0.396 e. The van der Waals surface area contributed by atoms with E-state index in [-0.39, 0.29) is 17.7 Å². The second-order valence-electron chi connectivity index (χ2n) is 6.00. The smallest absolute Gasteiger partial charge is 0.167 e. The Morgan fingerprint density at radius 2 is 1.68 bits per heavy atom. The summed E-state index contributed by atoms with van der Waals surface area (Å²) in [6.07, 6.45) is 0.600. The Labute approximate surface area is 121 Å². The Balaban J connectivity index is 2.86. The van der Waals surface area contributed by atoms with E-state index in [1.165, 1.54) is 0 Å². The number of thiocarbonyl (C=S) groups is 1. The molecule has 1 rings (SSSR count). The predicted molar refractivity (Wildman–Crippen MR) is 84.1 cm³/mol. The molecule has 4 heteroatoms. The summed E-state index contributed by atoms with van der Waals surface area (Å²) in [5.41, 5.74) is 0.661. The third-order valence-electron chi connectivity index (χ3n) is 2.90. The van der Waals surface area contributed by atoms with Crippen LogP contribution < -0.4 is 10.6 Å². The van der Waals surface area contributed by atoms with E-state index in [9.17, 15) is 5.11 Å². The molecule has 19 heavy (non-hydrogen) atoms. The zero-order chi connectivity index (χ0) is 14.5. The van der Waals surface area contributed by atoms with Crippen molar-refractivity contribution in [3.8, 4) is 0 Å². The van der Waals surface area contributed by atoms with Gasteiger partial charge in [0.1, 0.15) is 0 Å². The lowest BCUT2D eigenvalue weighted by molar-refractivity contribution is 0.235. The van der Waals surface area contributed by atoms with E-state index >= 15 is 0 Å². The highest BCUT2D eigenvalue weighted by atomic mass is 32.1. The SMILES string of the molecule is CC(C)(C)NC(=S)NC(C)(CCO)c1ccccc1. The van der Waals surface area contributed by atoms with Crippen molar-refractivity contribution in [3.63, 3.8) is 0 Å². The van der Waals surface area contributed by atoms with Crippen molar-refractivity contribution in [2.45, 2.75) is 45.2 Å². The van der Waals surface area contributed by atoms with Gasteiger partial charge in [-0.3, -0.25) is 0 Å². The highest BCUT2D eigenvalue weighted by Gasteiger charge is 2.27. The van der Waals surface area contributed by atoms with E-state index in [0.717, 1.165) is 5.56 Å². The molecule has 0 amide bonds. The maximum atomic E-state index is 9.30. The van der Waals surface area contributed by atoms with Crippen LogP contribution in [0.5, 0.6) is 0 Å². The van der Waals surface area contributed by atoms with Crippen LogP contribution in [-0.2, 0) is 5.54 Å². The molecule has 0 spiro atoms. The lowest BCUT2D eigenvalue weighted by Gasteiger charge is -2.34. The number of aliphatic hydroxyl groups excluding tert-OH is 1. The second kappa shape index (κ2) is 6.35. The van der Waals surface area contributed by atoms with Crippen LogP contribution in [0.2, 0.25) is 0 Å². The maximum Gasteiger partial charge on any atom is 0.167 e. The number of rotatable bonds is 4. The van der Waals surface area contributed by atoms with Crippen LogP contribution in [0.1, 0.15) is 39.7 Å². The molecule has 106 valence electrons. The molecule has 0 aliphatic carbocycles. The molecule has 3 nitrogen and oxygen atoms in total. The number of aliphatic hydroxyl groups is 1. The van der Waals surface area contributed by atoms with Crippen molar-refractivity contribution < 1.29 is 5.11 Å². The first-order chi connectivity index (χ1) is 8.77.